The standard InChI is InChI=1S/C10H18F3NO3/c1-3-14-8(9(15)16-2)4-6-17-7-5-10(11,12)13/h8,14H,3-7H2,1-2H3. The van der Waals surface area contributed by atoms with E-state index in [1.165, 1.54) is 7.11 Å². The number of carbonyl (C=O) groups excluding carboxylic acids is 1. The van der Waals surface area contributed by atoms with Crippen LogP contribution in [0.1, 0.15) is 19.8 Å². The van der Waals surface area contributed by atoms with E-state index >= 15 is 0 Å². The van der Waals surface area contributed by atoms with Gasteiger partial charge in [-0.15, -0.1) is 0 Å². The van der Waals surface area contributed by atoms with Crippen LogP contribution in [0.3, 0.4) is 0 Å². The van der Waals surface area contributed by atoms with Crippen LogP contribution in [-0.2, 0) is 14.3 Å². The highest BCUT2D eigenvalue weighted by Crippen LogP contribution is 2.18. The second kappa shape index (κ2) is 8.30. The molecule has 0 aromatic heterocycles. The molecule has 0 spiro atoms. The zero-order valence-corrected chi connectivity index (χ0v) is 9.97. The Morgan fingerprint density at radius 3 is 2.47 bits per heavy atom. The summed E-state index contributed by atoms with van der Waals surface area (Å²) >= 11 is 0. The Kier molecular flexibility index (Phi) is 7.90. The number of methoxy groups -OCH3 is 1. The molecule has 0 aliphatic rings. The van der Waals surface area contributed by atoms with E-state index < -0.39 is 24.6 Å². The third-order valence-electron chi connectivity index (χ3n) is 2.02. The van der Waals surface area contributed by atoms with Gasteiger partial charge in [0.1, 0.15) is 6.04 Å². The number of halogens is 3. The van der Waals surface area contributed by atoms with Gasteiger partial charge in [0.05, 0.1) is 20.1 Å². The van der Waals surface area contributed by atoms with E-state index in [-0.39, 0.29) is 13.2 Å². The maximum atomic E-state index is 11.8. The lowest BCUT2D eigenvalue weighted by Gasteiger charge is -2.15. The van der Waals surface area contributed by atoms with Gasteiger partial charge in [-0.05, 0) is 13.0 Å². The molecule has 0 aliphatic carbocycles. The number of esters is 1. The molecule has 7 heteroatoms. The molecule has 0 bridgehead atoms. The average Bonchev–Trinajstić information content (AvgIpc) is 2.24. The van der Waals surface area contributed by atoms with Crippen molar-refractivity contribution in [3.05, 3.63) is 0 Å². The van der Waals surface area contributed by atoms with Gasteiger partial charge < -0.3 is 14.8 Å². The number of rotatable bonds is 8. The Hall–Kier alpha value is -0.820. The van der Waals surface area contributed by atoms with Crippen LogP contribution in [0.2, 0.25) is 0 Å². The molecule has 102 valence electrons. The van der Waals surface area contributed by atoms with Crippen molar-refractivity contribution < 1.29 is 27.4 Å². The Balaban J connectivity index is 3.72. The Morgan fingerprint density at radius 2 is 2.00 bits per heavy atom. The zero-order chi connectivity index (χ0) is 13.3. The van der Waals surface area contributed by atoms with E-state index in [0.717, 1.165) is 0 Å². The first kappa shape index (κ1) is 16.2. The summed E-state index contributed by atoms with van der Waals surface area (Å²) in [7, 11) is 1.26. The van der Waals surface area contributed by atoms with Crippen LogP contribution in [0.5, 0.6) is 0 Å². The van der Waals surface area contributed by atoms with Gasteiger partial charge in [0, 0.05) is 6.61 Å². The number of hydrogen-bond acceptors (Lipinski definition) is 4. The third-order valence-corrected chi connectivity index (χ3v) is 2.02. The predicted molar refractivity (Wildman–Crippen MR) is 55.6 cm³/mol. The van der Waals surface area contributed by atoms with Gasteiger partial charge in [-0.25, -0.2) is 0 Å². The fourth-order valence-corrected chi connectivity index (χ4v) is 1.18. The van der Waals surface area contributed by atoms with Crippen molar-refractivity contribution in [3.8, 4) is 0 Å². The van der Waals surface area contributed by atoms with Crippen molar-refractivity contribution >= 4 is 5.97 Å². The van der Waals surface area contributed by atoms with Crippen molar-refractivity contribution in [2.24, 2.45) is 0 Å². The lowest BCUT2D eigenvalue weighted by molar-refractivity contribution is -0.148. The second-order valence-electron chi connectivity index (χ2n) is 3.40. The van der Waals surface area contributed by atoms with Gasteiger partial charge >= 0.3 is 12.1 Å². The molecule has 0 fully saturated rings. The lowest BCUT2D eigenvalue weighted by atomic mass is 10.2. The normalized spacial score (nSPS) is 13.5. The van der Waals surface area contributed by atoms with Crippen molar-refractivity contribution in [3.63, 3.8) is 0 Å². The fraction of sp³-hybridized carbons (Fsp3) is 0.900. The quantitative estimate of drug-likeness (QED) is 0.529. The monoisotopic (exact) mass is 257 g/mol. The Morgan fingerprint density at radius 1 is 1.35 bits per heavy atom. The Labute approximate surface area is 98.5 Å². The molecule has 0 saturated heterocycles. The SMILES string of the molecule is CCNC(CCOCCC(F)(F)F)C(=O)OC. The van der Waals surface area contributed by atoms with Crippen molar-refractivity contribution in [1.82, 2.24) is 5.32 Å². The molecule has 0 rings (SSSR count). The molecular formula is C10H18F3NO3. The van der Waals surface area contributed by atoms with Crippen molar-refractivity contribution in [2.75, 3.05) is 26.9 Å². The van der Waals surface area contributed by atoms with Crippen LogP contribution in [0.15, 0.2) is 0 Å². The average molecular weight is 257 g/mol. The van der Waals surface area contributed by atoms with Gasteiger partial charge in [-0.1, -0.05) is 6.92 Å². The van der Waals surface area contributed by atoms with Crippen LogP contribution in [0, 0.1) is 0 Å². The summed E-state index contributed by atoms with van der Waals surface area (Å²) in [4.78, 5) is 11.2. The first-order valence-corrected chi connectivity index (χ1v) is 5.36. The highest BCUT2D eigenvalue weighted by molar-refractivity contribution is 5.75. The number of hydrogen-bond donors (Lipinski definition) is 1. The first-order chi connectivity index (χ1) is 7.90. The Bertz CT molecular complexity index is 221. The maximum Gasteiger partial charge on any atom is 0.391 e. The molecule has 0 saturated carbocycles. The maximum absolute atomic E-state index is 11.8. The topological polar surface area (TPSA) is 47.6 Å². The van der Waals surface area contributed by atoms with E-state index in [9.17, 15) is 18.0 Å². The van der Waals surface area contributed by atoms with E-state index in [2.05, 4.69) is 10.1 Å². The number of alkyl halides is 3. The molecule has 4 nitrogen and oxygen atoms in total. The molecule has 0 aromatic carbocycles. The van der Waals surface area contributed by atoms with E-state index in [1.54, 1.807) is 0 Å². The van der Waals surface area contributed by atoms with Crippen LogP contribution < -0.4 is 5.32 Å². The molecule has 0 radical (unpaired) electrons. The highest BCUT2D eigenvalue weighted by Gasteiger charge is 2.26. The number of ether oxygens (including phenoxy) is 2. The van der Waals surface area contributed by atoms with E-state index in [1.807, 2.05) is 6.92 Å². The van der Waals surface area contributed by atoms with Crippen LogP contribution in [0.25, 0.3) is 0 Å². The summed E-state index contributed by atoms with van der Waals surface area (Å²) in [6.45, 7) is 2.09. The minimum absolute atomic E-state index is 0.0862. The molecule has 0 amide bonds. The van der Waals surface area contributed by atoms with E-state index in [0.29, 0.717) is 13.0 Å². The molecule has 1 N–H and O–H groups in total. The summed E-state index contributed by atoms with van der Waals surface area (Å²) in [6.07, 6.45) is -4.89. The summed E-state index contributed by atoms with van der Waals surface area (Å²) < 4.78 is 44.7. The van der Waals surface area contributed by atoms with Crippen molar-refractivity contribution in [1.29, 1.82) is 0 Å². The van der Waals surface area contributed by atoms with Crippen LogP contribution in [0.4, 0.5) is 13.2 Å². The largest absolute Gasteiger partial charge is 0.468 e. The minimum atomic E-state index is -4.20. The predicted octanol–water partition coefficient (Wildman–Crippen LogP) is 1.50. The summed E-state index contributed by atoms with van der Waals surface area (Å²) in [5, 5.41) is 2.86. The van der Waals surface area contributed by atoms with Gasteiger partial charge in [-0.2, -0.15) is 13.2 Å². The molecule has 1 unspecified atom stereocenters. The molecule has 1 atom stereocenters. The smallest absolute Gasteiger partial charge is 0.391 e. The van der Waals surface area contributed by atoms with E-state index in [4.69, 9.17) is 4.74 Å². The zero-order valence-electron chi connectivity index (χ0n) is 9.97. The third kappa shape index (κ3) is 8.93. The second-order valence-corrected chi connectivity index (χ2v) is 3.40. The van der Waals surface area contributed by atoms with Crippen LogP contribution in [-0.4, -0.2) is 45.1 Å². The van der Waals surface area contributed by atoms with Crippen molar-refractivity contribution in [2.45, 2.75) is 32.0 Å². The molecular weight excluding hydrogens is 239 g/mol. The van der Waals surface area contributed by atoms with Gasteiger partial charge in [0.25, 0.3) is 0 Å². The molecule has 0 heterocycles. The molecule has 17 heavy (non-hydrogen) atoms. The van der Waals surface area contributed by atoms with Gasteiger partial charge in [-0.3, -0.25) is 4.79 Å². The first-order valence-electron chi connectivity index (χ1n) is 5.36. The van der Waals surface area contributed by atoms with Crippen LogP contribution >= 0.6 is 0 Å². The summed E-state index contributed by atoms with van der Waals surface area (Å²) in [5.74, 6) is -0.439. The molecule has 0 aliphatic heterocycles. The number of likely N-dealkylation sites (N-methyl/N-ethyl adjacent to an activating group) is 1. The fourth-order valence-electron chi connectivity index (χ4n) is 1.18. The highest BCUT2D eigenvalue weighted by atomic mass is 19.4. The van der Waals surface area contributed by atoms with Gasteiger partial charge in [0.2, 0.25) is 0 Å². The lowest BCUT2D eigenvalue weighted by Crippen LogP contribution is -2.38. The molecule has 0 aromatic rings. The summed E-state index contributed by atoms with van der Waals surface area (Å²) in [5.41, 5.74) is 0. The minimum Gasteiger partial charge on any atom is -0.468 e. The number of carbonyl (C=O) groups is 1. The van der Waals surface area contributed by atoms with Gasteiger partial charge in [0.15, 0.2) is 0 Å². The summed E-state index contributed by atoms with van der Waals surface area (Å²) in [6, 6.07) is -0.532. The number of nitrogens with one attached hydrogen (secondary N) is 1.